The number of nitrogens with two attached hydrogens (primary N) is 1. The SMILES string of the molecule is NC(=O)[C@H]1C[C@H](N(Cc2ccccc2)C(=O)O)C1. The molecule has 0 aliphatic heterocycles. The van der Waals surface area contributed by atoms with Gasteiger partial charge < -0.3 is 15.7 Å². The van der Waals surface area contributed by atoms with Gasteiger partial charge >= 0.3 is 6.09 Å². The Morgan fingerprint density at radius 3 is 2.39 bits per heavy atom. The van der Waals surface area contributed by atoms with E-state index in [1.54, 1.807) is 0 Å². The van der Waals surface area contributed by atoms with Gasteiger partial charge in [0.25, 0.3) is 0 Å². The van der Waals surface area contributed by atoms with Crippen LogP contribution in [0, 0.1) is 5.92 Å². The Labute approximate surface area is 105 Å². The maximum absolute atomic E-state index is 11.2. The predicted molar refractivity (Wildman–Crippen MR) is 65.7 cm³/mol. The number of rotatable bonds is 4. The maximum atomic E-state index is 11.2. The standard InChI is InChI=1S/C13H16N2O3/c14-12(16)10-6-11(7-10)15(13(17)18)8-9-4-2-1-3-5-9/h1-5,10-11H,6-8H2,(H2,14,16)(H,17,18)/t10-,11-. The van der Waals surface area contributed by atoms with Crippen LogP contribution in [0.3, 0.4) is 0 Å². The van der Waals surface area contributed by atoms with Gasteiger partial charge in [-0.15, -0.1) is 0 Å². The number of carbonyl (C=O) groups is 2. The number of hydrogen-bond donors (Lipinski definition) is 2. The van der Waals surface area contributed by atoms with Gasteiger partial charge in [-0.05, 0) is 18.4 Å². The van der Waals surface area contributed by atoms with Crippen molar-refractivity contribution >= 4 is 12.0 Å². The first kappa shape index (κ1) is 12.4. The lowest BCUT2D eigenvalue weighted by atomic mass is 9.79. The Balaban J connectivity index is 1.98. The molecule has 0 bridgehead atoms. The number of hydrogen-bond acceptors (Lipinski definition) is 2. The van der Waals surface area contributed by atoms with Crippen LogP contribution in [-0.2, 0) is 11.3 Å². The summed E-state index contributed by atoms with van der Waals surface area (Å²) in [7, 11) is 0. The first-order chi connectivity index (χ1) is 8.58. The Morgan fingerprint density at radius 1 is 1.28 bits per heavy atom. The quantitative estimate of drug-likeness (QED) is 0.845. The van der Waals surface area contributed by atoms with Gasteiger partial charge in [0.15, 0.2) is 0 Å². The fourth-order valence-electron chi connectivity index (χ4n) is 2.21. The van der Waals surface area contributed by atoms with E-state index in [-0.39, 0.29) is 17.9 Å². The lowest BCUT2D eigenvalue weighted by Crippen LogP contribution is -2.50. The van der Waals surface area contributed by atoms with E-state index in [2.05, 4.69) is 0 Å². The molecule has 5 heteroatoms. The highest BCUT2D eigenvalue weighted by Crippen LogP contribution is 2.32. The lowest BCUT2D eigenvalue weighted by molar-refractivity contribution is -0.126. The Bertz CT molecular complexity index is 441. The van der Waals surface area contributed by atoms with Crippen LogP contribution in [0.1, 0.15) is 18.4 Å². The van der Waals surface area contributed by atoms with Gasteiger partial charge in [-0.25, -0.2) is 4.79 Å². The molecular formula is C13H16N2O3. The van der Waals surface area contributed by atoms with E-state index in [1.807, 2.05) is 30.3 Å². The fourth-order valence-corrected chi connectivity index (χ4v) is 2.21. The third kappa shape index (κ3) is 2.61. The molecule has 3 N–H and O–H groups in total. The first-order valence-corrected chi connectivity index (χ1v) is 5.90. The normalized spacial score (nSPS) is 22.0. The van der Waals surface area contributed by atoms with Crippen LogP contribution in [0.4, 0.5) is 4.79 Å². The molecule has 96 valence electrons. The molecule has 0 saturated heterocycles. The number of carboxylic acid groups (broad SMARTS) is 1. The van der Waals surface area contributed by atoms with Gasteiger partial charge in [-0.1, -0.05) is 30.3 Å². The van der Waals surface area contributed by atoms with Crippen molar-refractivity contribution in [2.24, 2.45) is 11.7 Å². The Kier molecular flexibility index (Phi) is 3.50. The smallest absolute Gasteiger partial charge is 0.407 e. The molecule has 1 aromatic carbocycles. The van der Waals surface area contributed by atoms with Crippen molar-refractivity contribution in [2.45, 2.75) is 25.4 Å². The van der Waals surface area contributed by atoms with Crippen molar-refractivity contribution in [3.63, 3.8) is 0 Å². The number of primary amides is 1. The highest BCUT2D eigenvalue weighted by molar-refractivity contribution is 5.78. The maximum Gasteiger partial charge on any atom is 0.407 e. The zero-order valence-corrected chi connectivity index (χ0v) is 9.95. The minimum atomic E-state index is -0.952. The molecule has 5 nitrogen and oxygen atoms in total. The van der Waals surface area contributed by atoms with Crippen LogP contribution in [0.5, 0.6) is 0 Å². The zero-order valence-electron chi connectivity index (χ0n) is 9.95. The summed E-state index contributed by atoms with van der Waals surface area (Å²) >= 11 is 0. The Hall–Kier alpha value is -2.04. The molecule has 1 saturated carbocycles. The molecule has 0 atom stereocenters. The van der Waals surface area contributed by atoms with E-state index >= 15 is 0 Å². The summed E-state index contributed by atoms with van der Waals surface area (Å²) in [6, 6.07) is 9.33. The summed E-state index contributed by atoms with van der Waals surface area (Å²) < 4.78 is 0. The largest absolute Gasteiger partial charge is 0.465 e. The number of benzene rings is 1. The third-order valence-electron chi connectivity index (χ3n) is 3.40. The van der Waals surface area contributed by atoms with Crippen molar-refractivity contribution in [3.05, 3.63) is 35.9 Å². The van der Waals surface area contributed by atoms with E-state index in [9.17, 15) is 14.7 Å². The molecule has 18 heavy (non-hydrogen) atoms. The molecular weight excluding hydrogens is 232 g/mol. The van der Waals surface area contributed by atoms with Crippen molar-refractivity contribution in [1.29, 1.82) is 0 Å². The molecule has 0 aromatic heterocycles. The van der Waals surface area contributed by atoms with Crippen LogP contribution >= 0.6 is 0 Å². The molecule has 1 aromatic rings. The van der Waals surface area contributed by atoms with Crippen LogP contribution in [-0.4, -0.2) is 28.0 Å². The van der Waals surface area contributed by atoms with E-state index in [0.29, 0.717) is 19.4 Å². The summed E-state index contributed by atoms with van der Waals surface area (Å²) in [6.45, 7) is 0.353. The van der Waals surface area contributed by atoms with Gasteiger partial charge in [-0.3, -0.25) is 4.79 Å². The molecule has 1 aliphatic carbocycles. The average molecular weight is 248 g/mol. The van der Waals surface area contributed by atoms with Crippen molar-refractivity contribution in [1.82, 2.24) is 4.90 Å². The highest BCUT2D eigenvalue weighted by atomic mass is 16.4. The molecule has 0 radical (unpaired) electrons. The molecule has 1 fully saturated rings. The molecule has 2 rings (SSSR count). The summed E-state index contributed by atoms with van der Waals surface area (Å²) in [5.74, 6) is -0.510. The lowest BCUT2D eigenvalue weighted by Gasteiger charge is -2.40. The van der Waals surface area contributed by atoms with Crippen molar-refractivity contribution in [2.75, 3.05) is 0 Å². The molecule has 0 spiro atoms. The average Bonchev–Trinajstić information content (AvgIpc) is 2.26. The molecule has 0 heterocycles. The number of carbonyl (C=O) groups excluding carboxylic acids is 1. The van der Waals surface area contributed by atoms with Crippen LogP contribution in [0.2, 0.25) is 0 Å². The molecule has 0 unspecified atom stereocenters. The molecule has 2 amide bonds. The second kappa shape index (κ2) is 5.08. The minimum Gasteiger partial charge on any atom is -0.465 e. The van der Waals surface area contributed by atoms with Crippen molar-refractivity contribution in [3.8, 4) is 0 Å². The topological polar surface area (TPSA) is 83.6 Å². The monoisotopic (exact) mass is 248 g/mol. The summed E-state index contributed by atoms with van der Waals surface area (Å²) in [5.41, 5.74) is 6.13. The van der Waals surface area contributed by atoms with Gasteiger partial charge in [-0.2, -0.15) is 0 Å². The molecule has 1 aliphatic rings. The summed E-state index contributed by atoms with van der Waals surface area (Å²) in [6.07, 6.45) is 0.120. The second-order valence-corrected chi connectivity index (χ2v) is 4.62. The van der Waals surface area contributed by atoms with E-state index in [1.165, 1.54) is 4.90 Å². The van der Waals surface area contributed by atoms with Crippen LogP contribution in [0.15, 0.2) is 30.3 Å². The second-order valence-electron chi connectivity index (χ2n) is 4.62. The fraction of sp³-hybridized carbons (Fsp3) is 0.385. The highest BCUT2D eigenvalue weighted by Gasteiger charge is 2.38. The van der Waals surface area contributed by atoms with E-state index in [4.69, 9.17) is 5.73 Å². The van der Waals surface area contributed by atoms with Gasteiger partial charge in [0.05, 0.1) is 0 Å². The zero-order chi connectivity index (χ0) is 13.1. The first-order valence-electron chi connectivity index (χ1n) is 5.90. The van der Waals surface area contributed by atoms with Gasteiger partial charge in [0.2, 0.25) is 5.91 Å². The predicted octanol–water partition coefficient (Wildman–Crippen LogP) is 1.43. The number of amides is 2. The van der Waals surface area contributed by atoms with Crippen molar-refractivity contribution < 1.29 is 14.7 Å². The van der Waals surface area contributed by atoms with E-state index in [0.717, 1.165) is 5.56 Å². The Morgan fingerprint density at radius 2 is 1.89 bits per heavy atom. The number of nitrogens with zero attached hydrogens (tertiary/aromatic N) is 1. The van der Waals surface area contributed by atoms with Gasteiger partial charge in [0.1, 0.15) is 0 Å². The summed E-state index contributed by atoms with van der Waals surface area (Å²) in [4.78, 5) is 23.5. The van der Waals surface area contributed by atoms with E-state index < -0.39 is 6.09 Å². The minimum absolute atomic E-state index is 0.0970. The third-order valence-corrected chi connectivity index (χ3v) is 3.40. The summed E-state index contributed by atoms with van der Waals surface area (Å²) in [5, 5.41) is 9.20. The van der Waals surface area contributed by atoms with Gasteiger partial charge in [0, 0.05) is 18.5 Å². The van der Waals surface area contributed by atoms with Crippen LogP contribution in [0.25, 0.3) is 0 Å². The van der Waals surface area contributed by atoms with Crippen LogP contribution < -0.4 is 5.73 Å².